The average molecular weight is 220 g/mol. The first-order valence-corrected chi connectivity index (χ1v) is 4.26. The van der Waals surface area contributed by atoms with Crippen LogP contribution in [0.25, 0.3) is 0 Å². The molecule has 1 unspecified atom stereocenters. The third kappa shape index (κ3) is 4.91. The minimum atomic E-state index is 0.843. The Morgan fingerprint density at radius 2 is 2.25 bits per heavy atom. The van der Waals surface area contributed by atoms with Gasteiger partial charge >= 0.3 is 65.2 Å². The molecule has 8 heavy (non-hydrogen) atoms. The molecule has 0 amide bonds. The van der Waals surface area contributed by atoms with Gasteiger partial charge in [-0.05, 0) is 0 Å². The van der Waals surface area contributed by atoms with Crippen LogP contribution in [-0.4, -0.2) is 29.5 Å². The van der Waals surface area contributed by atoms with Crippen molar-refractivity contribution in [2.45, 2.75) is 26.7 Å². The van der Waals surface area contributed by atoms with Crippen molar-refractivity contribution in [1.82, 2.24) is 0 Å². The van der Waals surface area contributed by atoms with Crippen LogP contribution in [-0.2, 0) is 3.07 Å². The first-order valence-electron chi connectivity index (χ1n) is 3.09. The van der Waals surface area contributed by atoms with Crippen LogP contribution in [0.3, 0.4) is 0 Å². The van der Waals surface area contributed by atoms with Crippen LogP contribution in [0.5, 0.6) is 0 Å². The predicted molar refractivity (Wildman–Crippen MR) is 35.8 cm³/mol. The topological polar surface area (TPSA) is 9.23 Å². The molecule has 0 aliphatic carbocycles. The Morgan fingerprint density at radius 3 is 2.62 bits per heavy atom. The fourth-order valence-corrected chi connectivity index (χ4v) is 0.801. The van der Waals surface area contributed by atoms with E-state index < -0.39 is 0 Å². The Hall–Kier alpha value is 0.759. The van der Waals surface area contributed by atoms with E-state index in [1.807, 2.05) is 0 Å². The molecule has 0 rings (SSSR count). The Labute approximate surface area is 65.4 Å². The van der Waals surface area contributed by atoms with Crippen molar-refractivity contribution in [2.75, 3.05) is 6.61 Å². The van der Waals surface area contributed by atoms with Gasteiger partial charge in [0.2, 0.25) is 0 Å². The van der Waals surface area contributed by atoms with Gasteiger partial charge in [-0.2, -0.15) is 0 Å². The summed E-state index contributed by atoms with van der Waals surface area (Å²) in [6.45, 7) is 5.43. The zero-order chi connectivity index (χ0) is 6.41. The molecule has 0 aliphatic heterocycles. The molecule has 0 N–H and O–H groups in total. The summed E-state index contributed by atoms with van der Waals surface area (Å²) in [5, 5.41) is 0. The zero-order valence-electron chi connectivity index (χ0n) is 5.61. The van der Waals surface area contributed by atoms with Gasteiger partial charge in [-0.1, -0.05) is 0 Å². The van der Waals surface area contributed by atoms with E-state index in [-0.39, 0.29) is 0 Å². The van der Waals surface area contributed by atoms with Crippen molar-refractivity contribution in [2.24, 2.45) is 5.92 Å². The summed E-state index contributed by atoms with van der Waals surface area (Å²) in [6.07, 6.45) is 2.50. The maximum absolute atomic E-state index is 5.00. The molecular formula is C6H13OSn. The Balaban J connectivity index is 2.86. The monoisotopic (exact) mass is 221 g/mol. The SMILES string of the molecule is CCC(C)CC[O][Sn]. The summed E-state index contributed by atoms with van der Waals surface area (Å²) in [5.74, 6) is 0.843. The molecule has 0 spiro atoms. The summed E-state index contributed by atoms with van der Waals surface area (Å²) in [4.78, 5) is 0. The van der Waals surface area contributed by atoms with Crippen LogP contribution in [0.4, 0.5) is 0 Å². The molecule has 0 saturated carbocycles. The number of rotatable bonds is 4. The van der Waals surface area contributed by atoms with E-state index in [1.54, 1.807) is 0 Å². The maximum atomic E-state index is 5.00. The van der Waals surface area contributed by atoms with Gasteiger partial charge in [0.15, 0.2) is 0 Å². The third-order valence-corrected chi connectivity index (χ3v) is 1.99. The van der Waals surface area contributed by atoms with Gasteiger partial charge in [0, 0.05) is 0 Å². The third-order valence-electron chi connectivity index (χ3n) is 1.41. The van der Waals surface area contributed by atoms with Crippen LogP contribution in [0, 0.1) is 5.92 Å². The van der Waals surface area contributed by atoms with Gasteiger partial charge in [-0.25, -0.2) is 0 Å². The first kappa shape index (κ1) is 8.76. The molecular weight excluding hydrogens is 207 g/mol. The molecule has 0 aromatic rings. The van der Waals surface area contributed by atoms with Crippen molar-refractivity contribution in [1.29, 1.82) is 0 Å². The number of hydrogen-bond donors (Lipinski definition) is 0. The molecule has 3 radical (unpaired) electrons. The van der Waals surface area contributed by atoms with Gasteiger partial charge in [0.25, 0.3) is 0 Å². The van der Waals surface area contributed by atoms with E-state index in [0.717, 1.165) is 12.5 Å². The van der Waals surface area contributed by atoms with Crippen molar-refractivity contribution in [3.05, 3.63) is 0 Å². The summed E-state index contributed by atoms with van der Waals surface area (Å²) in [6, 6.07) is 0. The van der Waals surface area contributed by atoms with Gasteiger partial charge < -0.3 is 0 Å². The van der Waals surface area contributed by atoms with Gasteiger partial charge in [-0.3, -0.25) is 0 Å². The van der Waals surface area contributed by atoms with Crippen molar-refractivity contribution >= 4 is 22.9 Å². The number of hydrogen-bond acceptors (Lipinski definition) is 1. The van der Waals surface area contributed by atoms with E-state index >= 15 is 0 Å². The Kier molecular flexibility index (Phi) is 6.45. The quantitative estimate of drug-likeness (QED) is 0.652. The van der Waals surface area contributed by atoms with Crippen molar-refractivity contribution in [3.63, 3.8) is 0 Å². The predicted octanol–water partition coefficient (Wildman–Crippen LogP) is 1.52. The fraction of sp³-hybridized carbons (Fsp3) is 1.00. The molecule has 0 fully saturated rings. The summed E-state index contributed by atoms with van der Waals surface area (Å²) >= 11 is 1.20. The van der Waals surface area contributed by atoms with Crippen LogP contribution in [0.1, 0.15) is 26.7 Å². The van der Waals surface area contributed by atoms with Crippen molar-refractivity contribution < 1.29 is 3.07 Å². The summed E-state index contributed by atoms with van der Waals surface area (Å²) in [5.41, 5.74) is 0. The Morgan fingerprint density at radius 1 is 1.62 bits per heavy atom. The molecule has 0 heterocycles. The molecule has 0 aromatic carbocycles. The average Bonchev–Trinajstić information content (AvgIpc) is 1.83. The summed E-state index contributed by atoms with van der Waals surface area (Å²) in [7, 11) is 0. The van der Waals surface area contributed by atoms with E-state index in [4.69, 9.17) is 3.07 Å². The molecule has 47 valence electrons. The molecule has 1 nitrogen and oxygen atoms in total. The second kappa shape index (κ2) is 5.89. The molecule has 0 aliphatic rings. The second-order valence-corrected chi connectivity index (χ2v) is 2.97. The summed E-state index contributed by atoms with van der Waals surface area (Å²) < 4.78 is 5.00. The second-order valence-electron chi connectivity index (χ2n) is 2.15. The minimum absolute atomic E-state index is 0.843. The van der Waals surface area contributed by atoms with Crippen molar-refractivity contribution in [3.8, 4) is 0 Å². The molecule has 0 saturated heterocycles. The van der Waals surface area contributed by atoms with E-state index in [0.29, 0.717) is 0 Å². The van der Waals surface area contributed by atoms with Gasteiger partial charge in [-0.15, -0.1) is 0 Å². The normalized spacial score (nSPS) is 13.9. The molecule has 1 atom stereocenters. The van der Waals surface area contributed by atoms with Crippen LogP contribution in [0.2, 0.25) is 0 Å². The Bertz CT molecular complexity index is 47.8. The molecule has 2 heteroatoms. The first-order chi connectivity index (χ1) is 3.81. The van der Waals surface area contributed by atoms with Crippen LogP contribution in [0.15, 0.2) is 0 Å². The molecule has 0 bridgehead atoms. The zero-order valence-corrected chi connectivity index (χ0v) is 8.46. The van der Waals surface area contributed by atoms with Crippen LogP contribution < -0.4 is 0 Å². The van der Waals surface area contributed by atoms with Gasteiger partial charge in [0.1, 0.15) is 0 Å². The van der Waals surface area contributed by atoms with Gasteiger partial charge in [0.05, 0.1) is 0 Å². The fourth-order valence-electron chi connectivity index (χ4n) is 0.464. The molecule has 0 aromatic heterocycles. The van der Waals surface area contributed by atoms with E-state index in [2.05, 4.69) is 13.8 Å². The standard InChI is InChI=1S/C6H13O.Sn/c1-3-6(2)4-5-7;/h6H,3-5H2,1-2H3;/q-1;+1. The van der Waals surface area contributed by atoms with Crippen LogP contribution >= 0.6 is 0 Å². The van der Waals surface area contributed by atoms with E-state index in [9.17, 15) is 0 Å². The van der Waals surface area contributed by atoms with E-state index in [1.165, 1.54) is 35.8 Å².